The average Bonchev–Trinajstić information content (AvgIpc) is 2.19. The third kappa shape index (κ3) is 2.04. The molecule has 0 radical (unpaired) electrons. The number of carbonyl (C=O) groups excluding carboxylic acids is 1. The van der Waals surface area contributed by atoms with Crippen LogP contribution >= 0.6 is 11.6 Å². The van der Waals surface area contributed by atoms with E-state index in [0.29, 0.717) is 11.4 Å². The van der Waals surface area contributed by atoms with Crippen molar-refractivity contribution in [2.75, 3.05) is 0 Å². The molecule has 1 amide bonds. The molecule has 0 saturated carbocycles. The first-order chi connectivity index (χ1) is 6.75. The summed E-state index contributed by atoms with van der Waals surface area (Å²) < 4.78 is 0. The van der Waals surface area contributed by atoms with Gasteiger partial charge >= 0.3 is 0 Å². The summed E-state index contributed by atoms with van der Waals surface area (Å²) in [6.07, 6.45) is 4.13. The highest BCUT2D eigenvalue weighted by molar-refractivity contribution is 6.30. The van der Waals surface area contributed by atoms with Gasteiger partial charge in [0.05, 0.1) is 16.8 Å². The first-order valence-electron chi connectivity index (χ1n) is 4.66. The third-order valence-electron chi connectivity index (χ3n) is 2.34. The van der Waals surface area contributed by atoms with Gasteiger partial charge in [-0.3, -0.25) is 9.78 Å². The van der Waals surface area contributed by atoms with E-state index in [4.69, 9.17) is 11.6 Å². The lowest BCUT2D eigenvalue weighted by Gasteiger charge is -2.22. The number of hydrogen-bond acceptors (Lipinski definition) is 2. The Bertz CT molecular complexity index is 336. The number of carbonyl (C=O) groups is 1. The fourth-order valence-electron chi connectivity index (χ4n) is 1.62. The number of halogens is 1. The van der Waals surface area contributed by atoms with E-state index in [2.05, 4.69) is 10.3 Å². The fraction of sp³-hybridized carbons (Fsp3) is 0.400. The first kappa shape index (κ1) is 9.46. The molecule has 1 aromatic rings. The number of amides is 1. The number of aromatic nitrogens is 1. The molecule has 1 aliphatic heterocycles. The Morgan fingerprint density at radius 1 is 1.50 bits per heavy atom. The fourth-order valence-corrected chi connectivity index (χ4v) is 1.73. The largest absolute Gasteiger partial charge is 0.348 e. The van der Waals surface area contributed by atoms with Crippen LogP contribution in [0.4, 0.5) is 0 Å². The minimum Gasteiger partial charge on any atom is -0.348 e. The summed E-state index contributed by atoms with van der Waals surface area (Å²) in [5, 5.41) is 3.53. The Morgan fingerprint density at radius 3 is 3.00 bits per heavy atom. The second kappa shape index (κ2) is 3.96. The zero-order valence-electron chi connectivity index (χ0n) is 7.66. The van der Waals surface area contributed by atoms with Gasteiger partial charge in [0, 0.05) is 12.6 Å². The van der Waals surface area contributed by atoms with Gasteiger partial charge in [0.1, 0.15) is 0 Å². The molecule has 1 fully saturated rings. The molecule has 1 unspecified atom stereocenters. The van der Waals surface area contributed by atoms with Crippen molar-refractivity contribution in [1.82, 2.24) is 10.3 Å². The summed E-state index contributed by atoms with van der Waals surface area (Å²) in [5.41, 5.74) is 0.891. The SMILES string of the molecule is O=C1CCCC(c2ccc(Cl)cn2)N1. The molecule has 1 N–H and O–H groups in total. The zero-order chi connectivity index (χ0) is 9.97. The molecule has 1 aliphatic rings. The Labute approximate surface area is 87.5 Å². The summed E-state index contributed by atoms with van der Waals surface area (Å²) >= 11 is 5.73. The summed E-state index contributed by atoms with van der Waals surface area (Å²) in [5.74, 6) is 0.109. The normalized spacial score (nSPS) is 21.8. The number of nitrogens with one attached hydrogen (secondary N) is 1. The van der Waals surface area contributed by atoms with Gasteiger partial charge in [-0.2, -0.15) is 0 Å². The van der Waals surface area contributed by atoms with E-state index in [9.17, 15) is 4.79 Å². The van der Waals surface area contributed by atoms with Crippen molar-refractivity contribution in [2.24, 2.45) is 0 Å². The van der Waals surface area contributed by atoms with Crippen molar-refractivity contribution < 1.29 is 4.79 Å². The second-order valence-corrected chi connectivity index (χ2v) is 3.85. The van der Waals surface area contributed by atoms with E-state index in [1.54, 1.807) is 12.3 Å². The number of rotatable bonds is 1. The molecule has 1 aromatic heterocycles. The van der Waals surface area contributed by atoms with Gasteiger partial charge < -0.3 is 5.32 Å². The topological polar surface area (TPSA) is 42.0 Å². The summed E-state index contributed by atoms with van der Waals surface area (Å²) in [7, 11) is 0. The van der Waals surface area contributed by atoms with Crippen LogP contribution in [-0.2, 0) is 4.79 Å². The summed E-state index contributed by atoms with van der Waals surface area (Å²) in [4.78, 5) is 15.3. The molecule has 0 bridgehead atoms. The Balaban J connectivity index is 2.14. The van der Waals surface area contributed by atoms with Crippen LogP contribution in [0.15, 0.2) is 18.3 Å². The van der Waals surface area contributed by atoms with Crippen molar-refractivity contribution in [2.45, 2.75) is 25.3 Å². The van der Waals surface area contributed by atoms with Crippen LogP contribution < -0.4 is 5.32 Å². The lowest BCUT2D eigenvalue weighted by molar-refractivity contribution is -0.123. The van der Waals surface area contributed by atoms with Crippen LogP contribution in [0.5, 0.6) is 0 Å². The highest BCUT2D eigenvalue weighted by Gasteiger charge is 2.20. The number of pyridine rings is 1. The number of piperidine rings is 1. The van der Waals surface area contributed by atoms with Crippen molar-refractivity contribution in [3.8, 4) is 0 Å². The highest BCUT2D eigenvalue weighted by Crippen LogP contribution is 2.22. The maximum Gasteiger partial charge on any atom is 0.220 e. The van der Waals surface area contributed by atoms with E-state index >= 15 is 0 Å². The van der Waals surface area contributed by atoms with Crippen molar-refractivity contribution in [3.05, 3.63) is 29.0 Å². The maximum absolute atomic E-state index is 11.1. The predicted octanol–water partition coefficient (Wildman–Crippen LogP) is 2.08. The van der Waals surface area contributed by atoms with E-state index < -0.39 is 0 Å². The van der Waals surface area contributed by atoms with Gasteiger partial charge in [0.25, 0.3) is 0 Å². The van der Waals surface area contributed by atoms with Gasteiger partial charge in [-0.1, -0.05) is 11.6 Å². The van der Waals surface area contributed by atoms with Gasteiger partial charge in [-0.25, -0.2) is 0 Å². The minimum absolute atomic E-state index is 0.0634. The lowest BCUT2D eigenvalue weighted by Crippen LogP contribution is -2.32. The van der Waals surface area contributed by atoms with Crippen molar-refractivity contribution in [3.63, 3.8) is 0 Å². The van der Waals surface area contributed by atoms with E-state index in [1.165, 1.54) is 0 Å². The molecule has 0 aliphatic carbocycles. The maximum atomic E-state index is 11.1. The van der Waals surface area contributed by atoms with Crippen LogP contribution in [0.1, 0.15) is 31.0 Å². The Morgan fingerprint density at radius 2 is 2.36 bits per heavy atom. The quantitative estimate of drug-likeness (QED) is 0.771. The van der Waals surface area contributed by atoms with E-state index in [0.717, 1.165) is 18.5 Å². The van der Waals surface area contributed by atoms with Crippen LogP contribution in [0.2, 0.25) is 5.02 Å². The minimum atomic E-state index is 0.0634. The molecule has 0 aromatic carbocycles. The molecular formula is C10H11ClN2O. The van der Waals surface area contributed by atoms with Gasteiger partial charge in [0.15, 0.2) is 0 Å². The predicted molar refractivity (Wildman–Crippen MR) is 54.0 cm³/mol. The standard InChI is InChI=1S/C10H11ClN2O/c11-7-4-5-8(12-6-7)9-2-1-3-10(14)13-9/h4-6,9H,1-3H2,(H,13,14). The average molecular weight is 211 g/mol. The smallest absolute Gasteiger partial charge is 0.220 e. The van der Waals surface area contributed by atoms with Crippen LogP contribution in [-0.4, -0.2) is 10.9 Å². The van der Waals surface area contributed by atoms with Gasteiger partial charge in [0.2, 0.25) is 5.91 Å². The third-order valence-corrected chi connectivity index (χ3v) is 2.56. The molecular weight excluding hydrogens is 200 g/mol. The molecule has 14 heavy (non-hydrogen) atoms. The summed E-state index contributed by atoms with van der Waals surface area (Å²) in [6, 6.07) is 3.72. The second-order valence-electron chi connectivity index (χ2n) is 3.41. The monoisotopic (exact) mass is 210 g/mol. The molecule has 1 saturated heterocycles. The first-order valence-corrected chi connectivity index (χ1v) is 5.04. The molecule has 2 heterocycles. The lowest BCUT2D eigenvalue weighted by atomic mass is 10.0. The van der Waals surface area contributed by atoms with E-state index in [-0.39, 0.29) is 11.9 Å². The molecule has 1 atom stereocenters. The molecule has 74 valence electrons. The van der Waals surface area contributed by atoms with Crippen LogP contribution in [0, 0.1) is 0 Å². The number of nitrogens with zero attached hydrogens (tertiary/aromatic N) is 1. The highest BCUT2D eigenvalue weighted by atomic mass is 35.5. The van der Waals surface area contributed by atoms with Crippen molar-refractivity contribution >= 4 is 17.5 Å². The Kier molecular flexibility index (Phi) is 2.68. The molecule has 0 spiro atoms. The molecule has 2 rings (SSSR count). The van der Waals surface area contributed by atoms with Gasteiger partial charge in [-0.15, -0.1) is 0 Å². The van der Waals surface area contributed by atoms with Gasteiger partial charge in [-0.05, 0) is 25.0 Å². The van der Waals surface area contributed by atoms with Crippen LogP contribution in [0.3, 0.4) is 0 Å². The molecule has 3 nitrogen and oxygen atoms in total. The zero-order valence-corrected chi connectivity index (χ0v) is 8.42. The van der Waals surface area contributed by atoms with E-state index in [1.807, 2.05) is 6.07 Å². The van der Waals surface area contributed by atoms with Crippen molar-refractivity contribution in [1.29, 1.82) is 0 Å². The number of hydrogen-bond donors (Lipinski definition) is 1. The Hall–Kier alpha value is -1.09. The van der Waals surface area contributed by atoms with Crippen LogP contribution in [0.25, 0.3) is 0 Å². The summed E-state index contributed by atoms with van der Waals surface area (Å²) in [6.45, 7) is 0. The molecule has 4 heteroatoms.